The Labute approximate surface area is 155 Å². The predicted molar refractivity (Wildman–Crippen MR) is 97.1 cm³/mol. The Hall–Kier alpha value is -1.61. The summed E-state index contributed by atoms with van der Waals surface area (Å²) in [6.07, 6.45) is 5.11. The van der Waals surface area contributed by atoms with Crippen molar-refractivity contribution >= 4 is 5.97 Å². The second kappa shape index (κ2) is 6.23. The minimum atomic E-state index is -1.31. The van der Waals surface area contributed by atoms with Crippen LogP contribution < -0.4 is 0 Å². The number of fused-ring (bicyclic) bond motifs is 2. The van der Waals surface area contributed by atoms with E-state index < -0.39 is 22.8 Å². The van der Waals surface area contributed by atoms with E-state index in [1.54, 1.807) is 0 Å². The normalized spacial score (nSPS) is 44.2. The van der Waals surface area contributed by atoms with E-state index in [-0.39, 0.29) is 18.1 Å². The molecular formula is C21H28O5. The van der Waals surface area contributed by atoms with Crippen LogP contribution in [0.3, 0.4) is 0 Å². The summed E-state index contributed by atoms with van der Waals surface area (Å²) in [7, 11) is 0. The van der Waals surface area contributed by atoms with Crippen molar-refractivity contribution in [3.05, 3.63) is 23.3 Å². The molecule has 142 valence electrons. The van der Waals surface area contributed by atoms with Crippen LogP contribution in [0.1, 0.15) is 53.9 Å². The summed E-state index contributed by atoms with van der Waals surface area (Å²) >= 11 is 0. The molecule has 26 heavy (non-hydrogen) atoms. The highest BCUT2D eigenvalue weighted by Crippen LogP contribution is 2.70. The summed E-state index contributed by atoms with van der Waals surface area (Å²) in [5.74, 6) is 4.15. The van der Waals surface area contributed by atoms with E-state index in [0.29, 0.717) is 17.6 Å². The minimum absolute atomic E-state index is 0.00386. The van der Waals surface area contributed by atoms with Crippen LogP contribution in [0.4, 0.5) is 0 Å². The van der Waals surface area contributed by atoms with Gasteiger partial charge in [0.25, 0.3) is 0 Å². The summed E-state index contributed by atoms with van der Waals surface area (Å²) in [5.41, 5.74) is -0.550. The largest absolute Gasteiger partial charge is 0.478 e. The fourth-order valence-electron chi connectivity index (χ4n) is 4.34. The molecule has 0 radical (unpaired) electrons. The molecule has 3 aliphatic rings. The molecule has 0 bridgehead atoms. The van der Waals surface area contributed by atoms with Crippen LogP contribution in [0.5, 0.6) is 0 Å². The van der Waals surface area contributed by atoms with E-state index in [0.717, 1.165) is 18.9 Å². The SMILES string of the molecule is CCC/C(C#CC1(O)C(C)=CC2(OC(C)C(C)O2)C2CC21C)=C\C(=O)O. The molecule has 2 N–H and O–H groups in total. The molecule has 0 aromatic heterocycles. The van der Waals surface area contributed by atoms with E-state index in [1.165, 1.54) is 0 Å². The molecule has 1 saturated heterocycles. The van der Waals surface area contributed by atoms with Gasteiger partial charge in [-0.25, -0.2) is 4.79 Å². The third-order valence-electron chi connectivity index (χ3n) is 6.16. The maximum absolute atomic E-state index is 11.4. The number of hydrogen-bond donors (Lipinski definition) is 2. The fraction of sp³-hybridized carbons (Fsp3) is 0.667. The van der Waals surface area contributed by atoms with Gasteiger partial charge >= 0.3 is 5.97 Å². The highest BCUT2D eigenvalue weighted by Gasteiger charge is 2.75. The van der Waals surface area contributed by atoms with Crippen molar-refractivity contribution in [2.75, 3.05) is 0 Å². The predicted octanol–water partition coefficient (Wildman–Crippen LogP) is 3.04. The Kier molecular flexibility index (Phi) is 4.59. The van der Waals surface area contributed by atoms with Crippen molar-refractivity contribution < 1.29 is 24.5 Å². The number of carbonyl (C=O) groups is 1. The monoisotopic (exact) mass is 360 g/mol. The zero-order valence-electron chi connectivity index (χ0n) is 16.1. The molecular weight excluding hydrogens is 332 g/mol. The van der Waals surface area contributed by atoms with Crippen molar-refractivity contribution in [1.29, 1.82) is 0 Å². The van der Waals surface area contributed by atoms with Gasteiger partial charge in [0.1, 0.15) is 0 Å². The summed E-state index contributed by atoms with van der Waals surface area (Å²) in [6, 6.07) is 0. The molecule has 1 spiro atoms. The first kappa shape index (κ1) is 19.2. The first-order valence-electron chi connectivity index (χ1n) is 9.32. The number of carboxylic acid groups (broad SMARTS) is 1. The van der Waals surface area contributed by atoms with Crippen LogP contribution >= 0.6 is 0 Å². The Morgan fingerprint density at radius 1 is 1.38 bits per heavy atom. The number of allylic oxidation sites excluding steroid dienone is 1. The zero-order valence-corrected chi connectivity index (χ0v) is 16.1. The second-order valence-electron chi connectivity index (χ2n) is 8.09. The lowest BCUT2D eigenvalue weighted by Gasteiger charge is -2.41. The van der Waals surface area contributed by atoms with Gasteiger partial charge in [0, 0.05) is 23.0 Å². The molecule has 0 aromatic carbocycles. The molecule has 1 heterocycles. The summed E-state index contributed by atoms with van der Waals surface area (Å²) in [5, 5.41) is 20.4. The van der Waals surface area contributed by atoms with Crippen LogP contribution in [0.15, 0.2) is 23.3 Å². The van der Waals surface area contributed by atoms with Gasteiger partial charge in [0.2, 0.25) is 0 Å². The third kappa shape index (κ3) is 2.81. The van der Waals surface area contributed by atoms with Crippen LogP contribution in [-0.2, 0) is 14.3 Å². The lowest BCUT2D eigenvalue weighted by molar-refractivity contribution is -0.171. The van der Waals surface area contributed by atoms with Crippen molar-refractivity contribution in [2.24, 2.45) is 11.3 Å². The molecule has 2 fully saturated rings. The van der Waals surface area contributed by atoms with Crippen molar-refractivity contribution in [1.82, 2.24) is 0 Å². The lowest BCUT2D eigenvalue weighted by atomic mass is 9.73. The minimum Gasteiger partial charge on any atom is -0.478 e. The number of aliphatic hydroxyl groups is 1. The van der Waals surface area contributed by atoms with Crippen LogP contribution in [0, 0.1) is 23.2 Å². The highest BCUT2D eigenvalue weighted by atomic mass is 16.8. The maximum atomic E-state index is 11.4. The molecule has 5 unspecified atom stereocenters. The van der Waals surface area contributed by atoms with Crippen molar-refractivity contribution in [2.45, 2.75) is 77.5 Å². The number of aliphatic carboxylic acids is 1. The number of carboxylic acids is 1. The first-order chi connectivity index (χ1) is 12.1. The molecule has 0 amide bonds. The van der Waals surface area contributed by atoms with E-state index in [1.807, 2.05) is 40.7 Å². The fourth-order valence-corrected chi connectivity index (χ4v) is 4.34. The molecule has 0 aromatic rings. The smallest absolute Gasteiger partial charge is 0.329 e. The zero-order chi connectivity index (χ0) is 19.3. The van der Waals surface area contributed by atoms with Crippen LogP contribution in [0.25, 0.3) is 0 Å². The van der Waals surface area contributed by atoms with E-state index >= 15 is 0 Å². The molecule has 1 aliphatic heterocycles. The van der Waals surface area contributed by atoms with Gasteiger partial charge < -0.3 is 19.7 Å². The van der Waals surface area contributed by atoms with Gasteiger partial charge in [-0.1, -0.05) is 32.1 Å². The number of hydrogen-bond acceptors (Lipinski definition) is 4. The van der Waals surface area contributed by atoms with E-state index in [2.05, 4.69) is 11.8 Å². The van der Waals surface area contributed by atoms with Gasteiger partial charge in [-0.15, -0.1) is 0 Å². The Bertz CT molecular complexity index is 729. The molecule has 5 heteroatoms. The van der Waals surface area contributed by atoms with E-state index in [9.17, 15) is 9.90 Å². The van der Waals surface area contributed by atoms with Gasteiger partial charge in [0.05, 0.1) is 12.2 Å². The lowest BCUT2D eigenvalue weighted by Crippen LogP contribution is -2.49. The molecule has 5 atom stereocenters. The van der Waals surface area contributed by atoms with Gasteiger partial charge in [-0.05, 0) is 45.3 Å². The standard InChI is InChI=1S/C21H28O5/c1-6-7-16(10-18(22)23)8-9-20(24)13(2)11-21(17-12-19(17,20)5)25-14(3)15(4)26-21/h10-11,14-15,17,24H,6-7,12H2,1-5H3,(H,22,23)/b16-10+. The summed E-state index contributed by atoms with van der Waals surface area (Å²) < 4.78 is 12.3. The quantitative estimate of drug-likeness (QED) is 0.460. The Balaban J connectivity index is 1.97. The Morgan fingerprint density at radius 2 is 2.00 bits per heavy atom. The average molecular weight is 360 g/mol. The van der Waals surface area contributed by atoms with E-state index in [4.69, 9.17) is 14.6 Å². The van der Waals surface area contributed by atoms with Crippen molar-refractivity contribution in [3.8, 4) is 11.8 Å². The average Bonchev–Trinajstić information content (AvgIpc) is 3.18. The van der Waals surface area contributed by atoms with Crippen LogP contribution in [0.2, 0.25) is 0 Å². The number of rotatable bonds is 3. The van der Waals surface area contributed by atoms with Crippen molar-refractivity contribution in [3.63, 3.8) is 0 Å². The topological polar surface area (TPSA) is 76.0 Å². The Morgan fingerprint density at radius 3 is 2.54 bits per heavy atom. The highest BCUT2D eigenvalue weighted by molar-refractivity contribution is 5.81. The molecule has 5 nitrogen and oxygen atoms in total. The summed E-state index contributed by atoms with van der Waals surface area (Å²) in [6.45, 7) is 9.81. The molecule has 2 aliphatic carbocycles. The number of ether oxygens (including phenoxy) is 2. The third-order valence-corrected chi connectivity index (χ3v) is 6.16. The van der Waals surface area contributed by atoms with Crippen LogP contribution in [-0.4, -0.2) is 39.8 Å². The summed E-state index contributed by atoms with van der Waals surface area (Å²) in [4.78, 5) is 11.0. The molecule has 3 rings (SSSR count). The van der Waals surface area contributed by atoms with Gasteiger partial charge in [-0.3, -0.25) is 0 Å². The first-order valence-corrected chi connectivity index (χ1v) is 9.32. The maximum Gasteiger partial charge on any atom is 0.329 e. The molecule has 1 saturated carbocycles. The second-order valence-corrected chi connectivity index (χ2v) is 8.09. The van der Waals surface area contributed by atoms with Gasteiger partial charge in [-0.2, -0.15) is 0 Å². The van der Waals surface area contributed by atoms with Gasteiger partial charge in [0.15, 0.2) is 11.4 Å².